The van der Waals surface area contributed by atoms with Crippen LogP contribution in [0.3, 0.4) is 0 Å². The number of aliphatic hydroxyl groups excluding tert-OH is 2. The number of hydrogen-bond donors (Lipinski definition) is 16. The van der Waals surface area contributed by atoms with E-state index in [1.165, 1.54) is 13.8 Å². The van der Waals surface area contributed by atoms with Gasteiger partial charge in [0.05, 0.1) is 12.2 Å². The summed E-state index contributed by atoms with van der Waals surface area (Å²) in [5.74, 6) is -9.19. The van der Waals surface area contributed by atoms with Gasteiger partial charge in [-0.25, -0.2) is 0 Å². The third kappa shape index (κ3) is 19.5. The second kappa shape index (κ2) is 32.6. The molecule has 5 rings (SSSR count). The summed E-state index contributed by atoms with van der Waals surface area (Å²) in [6.07, 6.45) is -4.28. The molecule has 26 nitrogen and oxygen atoms in total. The van der Waals surface area contributed by atoms with Gasteiger partial charge >= 0.3 is 0 Å². The SMILES string of the molecule is CC(C)CC1NC(=O)C(Cc2ccccc2)NC(=O)[C@H](CCN)NC(=O)C(NC(=O)[C@H](CCN)NC(=O)[C@@H](NC(=O)c2ccc3cc4ccccc4cc3c2)[C@@H](C)O)CCNC(=O)[C@H]([C@@H](C)O)NC(=O)[C@H](CCN)NC(=O)C(CCN)NC1=O. The molecule has 0 saturated carbocycles. The Balaban J connectivity index is 1.47. The summed E-state index contributed by atoms with van der Waals surface area (Å²) in [6, 6.07) is 11.8. The molecule has 0 aliphatic carbocycles. The number of hydrogen-bond acceptors (Lipinski definition) is 16. The van der Waals surface area contributed by atoms with Crippen molar-refractivity contribution in [3.8, 4) is 0 Å². The summed E-state index contributed by atoms with van der Waals surface area (Å²) in [6.45, 7) is 4.99. The number of nitrogens with one attached hydrogen (secondary N) is 10. The second-order valence-corrected chi connectivity index (χ2v) is 21.3. The van der Waals surface area contributed by atoms with Gasteiger partial charge < -0.3 is 86.3 Å². The summed E-state index contributed by atoms with van der Waals surface area (Å²) < 4.78 is 0. The Labute approximate surface area is 487 Å². The molecule has 4 unspecified atom stereocenters. The van der Waals surface area contributed by atoms with E-state index < -0.39 is 139 Å². The third-order valence-corrected chi connectivity index (χ3v) is 14.1. The van der Waals surface area contributed by atoms with Crippen molar-refractivity contribution in [1.82, 2.24) is 53.2 Å². The molecule has 1 aliphatic heterocycles. The lowest BCUT2D eigenvalue weighted by atomic mass is 10.00. The van der Waals surface area contributed by atoms with Crippen LogP contribution in [0.4, 0.5) is 0 Å². The maximum Gasteiger partial charge on any atom is 0.252 e. The lowest BCUT2D eigenvalue weighted by Gasteiger charge is -2.28. The Bertz CT molecular complexity index is 2950. The largest absolute Gasteiger partial charge is 0.391 e. The van der Waals surface area contributed by atoms with Crippen LogP contribution in [0.25, 0.3) is 21.5 Å². The Morgan fingerprint density at radius 1 is 0.548 bits per heavy atom. The van der Waals surface area contributed by atoms with E-state index in [1.807, 2.05) is 36.4 Å². The van der Waals surface area contributed by atoms with Crippen molar-refractivity contribution in [2.24, 2.45) is 28.9 Å². The Morgan fingerprint density at radius 2 is 1.05 bits per heavy atom. The fraction of sp³-hybridized carbons (Fsp3) is 0.483. The van der Waals surface area contributed by atoms with Gasteiger partial charge in [0.2, 0.25) is 53.2 Å². The van der Waals surface area contributed by atoms with Gasteiger partial charge in [-0.15, -0.1) is 0 Å². The zero-order chi connectivity index (χ0) is 61.6. The fourth-order valence-corrected chi connectivity index (χ4v) is 9.49. The molecule has 456 valence electrons. The van der Waals surface area contributed by atoms with E-state index in [-0.39, 0.29) is 76.2 Å². The van der Waals surface area contributed by atoms with Crippen LogP contribution in [0.5, 0.6) is 0 Å². The first-order valence-corrected chi connectivity index (χ1v) is 28.2. The quantitative estimate of drug-likeness (QED) is 0.0391. The molecule has 10 amide bonds. The van der Waals surface area contributed by atoms with Gasteiger partial charge in [-0.2, -0.15) is 0 Å². The van der Waals surface area contributed by atoms with Gasteiger partial charge in [0.15, 0.2) is 0 Å². The smallest absolute Gasteiger partial charge is 0.252 e. The van der Waals surface area contributed by atoms with Gasteiger partial charge in [-0.3, -0.25) is 47.9 Å². The second-order valence-electron chi connectivity index (χ2n) is 21.3. The van der Waals surface area contributed by atoms with E-state index in [4.69, 9.17) is 22.9 Å². The molecule has 0 radical (unpaired) electrons. The summed E-state index contributed by atoms with van der Waals surface area (Å²) >= 11 is 0. The van der Waals surface area contributed by atoms with E-state index in [0.29, 0.717) is 5.56 Å². The van der Waals surface area contributed by atoms with Crippen molar-refractivity contribution >= 4 is 80.6 Å². The van der Waals surface area contributed by atoms with Gasteiger partial charge in [-0.1, -0.05) is 74.5 Å². The summed E-state index contributed by atoms with van der Waals surface area (Å²) in [7, 11) is 0. The number of nitrogens with two attached hydrogens (primary N) is 4. The molecule has 1 aliphatic rings. The first-order chi connectivity index (χ1) is 40.1. The molecule has 26 heteroatoms. The van der Waals surface area contributed by atoms with Crippen LogP contribution < -0.4 is 76.1 Å². The zero-order valence-electron chi connectivity index (χ0n) is 47.8. The average molecular weight is 1170 g/mol. The minimum Gasteiger partial charge on any atom is -0.391 e. The third-order valence-electron chi connectivity index (χ3n) is 14.1. The predicted molar refractivity (Wildman–Crippen MR) is 313 cm³/mol. The van der Waals surface area contributed by atoms with Crippen LogP contribution in [0, 0.1) is 5.92 Å². The normalized spacial score (nSPS) is 22.4. The number of carbonyl (C=O) groups is 10. The van der Waals surface area contributed by atoms with Crippen molar-refractivity contribution < 1.29 is 58.2 Å². The summed E-state index contributed by atoms with van der Waals surface area (Å²) in [5, 5.41) is 50.9. The molecule has 0 aromatic heterocycles. The molecule has 1 saturated heterocycles. The van der Waals surface area contributed by atoms with Crippen molar-refractivity contribution in [3.05, 3.63) is 96.1 Å². The standard InChI is InChI=1S/C58H82N14O12/c1-31(2)26-45-55(81)66-40(16-21-59)50(76)65-43(19-24-62)54(80)72-47(32(3)73)57(83)63-25-20-44(53(79)64-41(17-22-60)52(78)70-46(56(82)69-45)27-34-10-6-5-7-11-34)67-51(77)42(18-23-61)68-58(84)48(33(4)74)71-49(75)38-15-14-37-28-35-12-8-9-13-36(35)29-39(37)30-38/h5-15,28-33,40-48,73-74H,16-27,59-62H2,1-4H3,(H,63,83)(H,64,79)(H,65,76)(H,66,81)(H,67,77)(H,68,84)(H,69,82)(H,70,78)(H,71,75)(H,72,80)/t32-,33-,40?,41+,42+,43+,44?,45?,46?,47+,48+/m1/s1. The Kier molecular flexibility index (Phi) is 25.9. The minimum absolute atomic E-state index is 0.0538. The van der Waals surface area contributed by atoms with Crippen molar-refractivity contribution in [2.75, 3.05) is 32.7 Å². The number of carbonyl (C=O) groups excluding carboxylic acids is 10. The number of amides is 10. The number of rotatable bonds is 20. The highest BCUT2D eigenvalue weighted by Crippen LogP contribution is 2.24. The Hall–Kier alpha value is -8.14. The summed E-state index contributed by atoms with van der Waals surface area (Å²) in [4.78, 5) is 141. The molecule has 11 atom stereocenters. The van der Waals surface area contributed by atoms with Crippen molar-refractivity contribution in [3.63, 3.8) is 0 Å². The monoisotopic (exact) mass is 1170 g/mol. The number of fused-ring (bicyclic) bond motifs is 2. The molecule has 0 bridgehead atoms. The van der Waals surface area contributed by atoms with Gasteiger partial charge in [-0.05, 0) is 136 Å². The number of aliphatic hydroxyl groups is 2. The van der Waals surface area contributed by atoms with Gasteiger partial charge in [0, 0.05) is 18.5 Å². The first kappa shape index (κ1) is 66.7. The van der Waals surface area contributed by atoms with Crippen LogP contribution in [-0.4, -0.2) is 169 Å². The molecule has 20 N–H and O–H groups in total. The maximum atomic E-state index is 14.6. The highest BCUT2D eigenvalue weighted by Gasteiger charge is 2.37. The Morgan fingerprint density at radius 3 is 1.60 bits per heavy atom. The molecular formula is C58H82N14O12. The van der Waals surface area contributed by atoms with Crippen molar-refractivity contribution in [2.45, 2.75) is 139 Å². The first-order valence-electron chi connectivity index (χ1n) is 28.2. The van der Waals surface area contributed by atoms with Gasteiger partial charge in [0.1, 0.15) is 54.4 Å². The molecule has 4 aromatic rings. The lowest BCUT2D eigenvalue weighted by molar-refractivity contribution is -0.136. The molecule has 1 heterocycles. The van der Waals surface area contributed by atoms with E-state index in [2.05, 4.69) is 53.2 Å². The van der Waals surface area contributed by atoms with E-state index >= 15 is 0 Å². The molecule has 84 heavy (non-hydrogen) atoms. The molecule has 0 spiro atoms. The fourth-order valence-electron chi connectivity index (χ4n) is 9.49. The van der Waals surface area contributed by atoms with Crippen LogP contribution >= 0.6 is 0 Å². The predicted octanol–water partition coefficient (Wildman–Crippen LogP) is -3.06. The average Bonchev–Trinajstić information content (AvgIpc) is 2.98. The molecule has 1 fully saturated rings. The van der Waals surface area contributed by atoms with E-state index in [0.717, 1.165) is 21.5 Å². The van der Waals surface area contributed by atoms with Crippen LogP contribution in [-0.2, 0) is 49.6 Å². The number of benzene rings is 4. The van der Waals surface area contributed by atoms with Crippen LogP contribution in [0.1, 0.15) is 82.1 Å². The van der Waals surface area contributed by atoms with E-state index in [9.17, 15) is 58.2 Å². The van der Waals surface area contributed by atoms with Crippen molar-refractivity contribution in [1.29, 1.82) is 0 Å². The highest BCUT2D eigenvalue weighted by molar-refractivity contribution is 6.05. The zero-order valence-corrected chi connectivity index (χ0v) is 47.8. The lowest BCUT2D eigenvalue weighted by Crippen LogP contribution is -2.61. The highest BCUT2D eigenvalue weighted by atomic mass is 16.3. The van der Waals surface area contributed by atoms with Gasteiger partial charge in [0.25, 0.3) is 5.91 Å². The van der Waals surface area contributed by atoms with Crippen LogP contribution in [0.15, 0.2) is 84.9 Å². The van der Waals surface area contributed by atoms with Crippen LogP contribution in [0.2, 0.25) is 0 Å². The molecule has 4 aromatic carbocycles. The maximum absolute atomic E-state index is 14.6. The minimum atomic E-state index is -1.67. The summed E-state index contributed by atoms with van der Waals surface area (Å²) in [5.41, 5.74) is 24.4. The van der Waals surface area contributed by atoms with E-state index in [1.54, 1.807) is 62.4 Å². The topological polar surface area (TPSA) is 436 Å². The molecular weight excluding hydrogens is 1080 g/mol.